The first-order valence-electron chi connectivity index (χ1n) is 9.28. The van der Waals surface area contributed by atoms with Crippen LogP contribution in [0.5, 0.6) is 0 Å². The van der Waals surface area contributed by atoms with Gasteiger partial charge in [0, 0.05) is 5.33 Å². The fourth-order valence-corrected chi connectivity index (χ4v) is 4.47. The molecule has 2 heteroatoms. The van der Waals surface area contributed by atoms with Gasteiger partial charge in [-0.05, 0) is 70.0 Å². The highest BCUT2D eigenvalue weighted by atomic mass is 79.9. The minimum absolute atomic E-state index is 0.733. The molecule has 0 N–H and O–H groups in total. The Morgan fingerprint density at radius 2 is 1.81 bits per heavy atom. The second kappa shape index (κ2) is 8.09. The van der Waals surface area contributed by atoms with Gasteiger partial charge in [0.15, 0.2) is 0 Å². The molecule has 0 spiro atoms. The molecule has 0 saturated carbocycles. The molecule has 132 valence electrons. The molecular weight excluding hydrogens is 384 g/mol. The quantitative estimate of drug-likeness (QED) is 0.327. The number of rotatable bonds is 1. The van der Waals surface area contributed by atoms with Crippen LogP contribution in [-0.4, -0.2) is 11.9 Å². The number of hydrogen-bond donors (Lipinski definition) is 0. The zero-order valence-electron chi connectivity index (χ0n) is 14.8. The topological polar surface area (TPSA) is 9.23 Å². The van der Waals surface area contributed by atoms with Crippen LogP contribution >= 0.6 is 15.9 Å². The molecule has 3 aromatic rings. The van der Waals surface area contributed by atoms with Gasteiger partial charge in [-0.25, -0.2) is 0 Å². The number of hydrogen-bond acceptors (Lipinski definition) is 1. The van der Waals surface area contributed by atoms with Gasteiger partial charge in [-0.3, -0.25) is 0 Å². The van der Waals surface area contributed by atoms with Gasteiger partial charge in [0.05, 0.1) is 6.26 Å². The molecule has 5 rings (SSSR count). The van der Waals surface area contributed by atoms with Gasteiger partial charge in [-0.15, -0.1) is 0 Å². The smallest absolute Gasteiger partial charge is 0.106 e. The standard InChI is InChI=1S/C19H17Br.C5H6O/c20-12-13-5-8-17-15(11-13)7-10-18-16-4-2-1-3-14(16)6-9-19(17)18;1-2-4-6-5-3-1/h1-4,6-7,9-10,13H,5,8,11-12H2;1-4H,5H2. The predicted molar refractivity (Wildman–Crippen MR) is 115 cm³/mol. The summed E-state index contributed by atoms with van der Waals surface area (Å²) in [5, 5.41) is 6.74. The first-order chi connectivity index (χ1) is 12.9. The van der Waals surface area contributed by atoms with E-state index in [1.165, 1.54) is 40.8 Å². The Morgan fingerprint density at radius 3 is 2.54 bits per heavy atom. The molecule has 3 aromatic carbocycles. The fraction of sp³-hybridized carbons (Fsp3) is 0.250. The number of benzene rings is 3. The van der Waals surface area contributed by atoms with E-state index in [-0.39, 0.29) is 0 Å². The number of alkyl halides is 1. The van der Waals surface area contributed by atoms with Crippen LogP contribution in [0.25, 0.3) is 21.5 Å². The maximum Gasteiger partial charge on any atom is 0.106 e. The first-order valence-corrected chi connectivity index (χ1v) is 10.4. The number of aryl methyl sites for hydroxylation is 1. The lowest BCUT2D eigenvalue weighted by Gasteiger charge is -2.24. The van der Waals surface area contributed by atoms with Crippen LogP contribution in [0.4, 0.5) is 0 Å². The Labute approximate surface area is 163 Å². The second-order valence-electron chi connectivity index (χ2n) is 6.94. The summed E-state index contributed by atoms with van der Waals surface area (Å²) in [6, 6.07) is 18.0. The minimum atomic E-state index is 0.733. The van der Waals surface area contributed by atoms with E-state index in [0.29, 0.717) is 0 Å². The molecule has 0 bridgehead atoms. The molecule has 0 aromatic heterocycles. The maximum absolute atomic E-state index is 4.80. The molecule has 0 saturated heterocycles. The molecule has 1 unspecified atom stereocenters. The molecule has 1 aliphatic carbocycles. The van der Waals surface area contributed by atoms with E-state index in [1.807, 2.05) is 18.2 Å². The summed E-state index contributed by atoms with van der Waals surface area (Å²) in [7, 11) is 0. The van der Waals surface area contributed by atoms with Crippen molar-refractivity contribution in [2.75, 3.05) is 11.9 Å². The average Bonchev–Trinajstić information content (AvgIpc) is 2.74. The van der Waals surface area contributed by atoms with Crippen molar-refractivity contribution >= 4 is 37.5 Å². The van der Waals surface area contributed by atoms with Crippen LogP contribution in [0, 0.1) is 5.92 Å². The molecule has 2 aliphatic rings. The van der Waals surface area contributed by atoms with Gasteiger partial charge in [-0.1, -0.05) is 70.5 Å². The summed E-state index contributed by atoms with van der Waals surface area (Å²) in [5.74, 6) is 0.806. The third kappa shape index (κ3) is 3.57. The highest BCUT2D eigenvalue weighted by Gasteiger charge is 2.19. The molecule has 0 radical (unpaired) electrons. The maximum atomic E-state index is 4.80. The van der Waals surface area contributed by atoms with Gasteiger partial charge in [0.1, 0.15) is 6.61 Å². The van der Waals surface area contributed by atoms with Gasteiger partial charge < -0.3 is 4.74 Å². The molecule has 1 nitrogen and oxygen atoms in total. The van der Waals surface area contributed by atoms with Crippen molar-refractivity contribution in [3.63, 3.8) is 0 Å². The average molecular weight is 407 g/mol. The summed E-state index contributed by atoms with van der Waals surface area (Å²) >= 11 is 3.65. The Morgan fingerprint density at radius 1 is 0.923 bits per heavy atom. The molecule has 26 heavy (non-hydrogen) atoms. The molecule has 0 amide bonds. The number of allylic oxidation sites excluding steroid dienone is 2. The van der Waals surface area contributed by atoms with Gasteiger partial charge in [-0.2, -0.15) is 0 Å². The molecule has 1 heterocycles. The highest BCUT2D eigenvalue weighted by molar-refractivity contribution is 9.09. The Bertz CT molecular complexity index is 959. The Kier molecular flexibility index (Phi) is 5.40. The number of fused-ring (bicyclic) bond motifs is 5. The molecule has 1 aliphatic heterocycles. The van der Waals surface area contributed by atoms with Crippen molar-refractivity contribution in [1.82, 2.24) is 0 Å². The lowest BCUT2D eigenvalue weighted by molar-refractivity contribution is 0.286. The monoisotopic (exact) mass is 406 g/mol. The minimum Gasteiger partial charge on any atom is -0.497 e. The van der Waals surface area contributed by atoms with Crippen LogP contribution in [0.3, 0.4) is 0 Å². The largest absolute Gasteiger partial charge is 0.497 e. The van der Waals surface area contributed by atoms with E-state index in [1.54, 1.807) is 17.4 Å². The van der Waals surface area contributed by atoms with E-state index in [9.17, 15) is 0 Å². The summed E-state index contributed by atoms with van der Waals surface area (Å²) in [5.41, 5.74) is 3.15. The zero-order chi connectivity index (χ0) is 17.8. The summed E-state index contributed by atoms with van der Waals surface area (Å²) in [6.07, 6.45) is 11.2. The van der Waals surface area contributed by atoms with Crippen LogP contribution in [0.1, 0.15) is 17.5 Å². The van der Waals surface area contributed by atoms with Crippen LogP contribution < -0.4 is 0 Å². The Balaban J connectivity index is 0.000000240. The van der Waals surface area contributed by atoms with Gasteiger partial charge in [0.2, 0.25) is 0 Å². The highest BCUT2D eigenvalue weighted by Crippen LogP contribution is 2.35. The van der Waals surface area contributed by atoms with E-state index >= 15 is 0 Å². The number of halogens is 1. The summed E-state index contributed by atoms with van der Waals surface area (Å²) in [4.78, 5) is 0. The summed E-state index contributed by atoms with van der Waals surface area (Å²) in [6.45, 7) is 0.733. The van der Waals surface area contributed by atoms with E-state index < -0.39 is 0 Å². The van der Waals surface area contributed by atoms with Crippen molar-refractivity contribution in [1.29, 1.82) is 0 Å². The van der Waals surface area contributed by atoms with E-state index in [2.05, 4.69) is 64.5 Å². The van der Waals surface area contributed by atoms with E-state index in [0.717, 1.165) is 17.9 Å². The lowest BCUT2D eigenvalue weighted by Crippen LogP contribution is -2.15. The van der Waals surface area contributed by atoms with Crippen molar-refractivity contribution in [2.24, 2.45) is 5.92 Å². The molecule has 0 fully saturated rings. The second-order valence-corrected chi connectivity index (χ2v) is 7.59. The van der Waals surface area contributed by atoms with Gasteiger partial charge >= 0.3 is 0 Å². The molecular formula is C24H23BrO. The third-order valence-electron chi connectivity index (χ3n) is 5.28. The van der Waals surface area contributed by atoms with Gasteiger partial charge in [0.25, 0.3) is 0 Å². The first kappa shape index (κ1) is 17.4. The SMILES string of the molecule is BrCC1CCc2c(ccc3c2ccc2ccccc23)C1.C1=CCOC=C1. The van der Waals surface area contributed by atoms with Crippen LogP contribution in [0.2, 0.25) is 0 Å². The zero-order valence-corrected chi connectivity index (χ0v) is 16.4. The summed E-state index contributed by atoms with van der Waals surface area (Å²) < 4.78 is 4.80. The third-order valence-corrected chi connectivity index (χ3v) is 6.19. The molecule has 1 atom stereocenters. The Hall–Kier alpha value is -2.06. The van der Waals surface area contributed by atoms with E-state index in [4.69, 9.17) is 4.74 Å². The van der Waals surface area contributed by atoms with Crippen molar-refractivity contribution in [3.8, 4) is 0 Å². The van der Waals surface area contributed by atoms with Crippen LogP contribution in [-0.2, 0) is 17.6 Å². The predicted octanol–water partition coefficient (Wildman–Crippen LogP) is 6.58. The normalized spacial score (nSPS) is 18.1. The lowest BCUT2D eigenvalue weighted by atomic mass is 9.82. The van der Waals surface area contributed by atoms with Crippen molar-refractivity contribution < 1.29 is 4.74 Å². The fourth-order valence-electron chi connectivity index (χ4n) is 3.92. The van der Waals surface area contributed by atoms with Crippen molar-refractivity contribution in [3.05, 3.63) is 84.1 Å². The van der Waals surface area contributed by atoms with Crippen molar-refractivity contribution in [2.45, 2.75) is 19.3 Å². The number of ether oxygens (including phenoxy) is 1. The van der Waals surface area contributed by atoms with Crippen LogP contribution in [0.15, 0.2) is 73.0 Å².